The van der Waals surface area contributed by atoms with E-state index in [1.165, 1.54) is 11.2 Å². The van der Waals surface area contributed by atoms with Gasteiger partial charge in [0.2, 0.25) is 17.5 Å². The first-order chi connectivity index (χ1) is 12.5. The molecule has 2 heterocycles. The molecule has 9 heteroatoms. The van der Waals surface area contributed by atoms with Crippen LogP contribution in [0.1, 0.15) is 16.4 Å². The Morgan fingerprint density at radius 1 is 1.19 bits per heavy atom. The molecule has 0 spiro atoms. The molecule has 0 aliphatic heterocycles. The first-order valence-corrected chi connectivity index (χ1v) is 8.36. The number of aromatic nitrogens is 2. The normalized spacial score (nSPS) is 10.6. The summed E-state index contributed by atoms with van der Waals surface area (Å²) in [7, 11) is 4.73. The summed E-state index contributed by atoms with van der Waals surface area (Å²) in [6, 6.07) is 6.93. The van der Waals surface area contributed by atoms with Gasteiger partial charge in [0.25, 0.3) is 5.91 Å². The van der Waals surface area contributed by atoms with Gasteiger partial charge in [-0.15, -0.1) is 10.2 Å². The first kappa shape index (κ1) is 18.0. The number of ether oxygens (including phenoxy) is 2. The van der Waals surface area contributed by atoms with Crippen molar-refractivity contribution in [3.05, 3.63) is 46.7 Å². The molecular weight excluding hydrogens is 406 g/mol. The van der Waals surface area contributed by atoms with Crippen LogP contribution in [-0.4, -0.2) is 42.3 Å². The summed E-state index contributed by atoms with van der Waals surface area (Å²) in [5, 5.41) is 8.02. The Morgan fingerprint density at radius 2 is 1.96 bits per heavy atom. The van der Waals surface area contributed by atoms with E-state index in [2.05, 4.69) is 26.1 Å². The number of hydrogen-bond acceptors (Lipinski definition) is 7. The maximum Gasteiger partial charge on any atom is 0.290 e. The lowest BCUT2D eigenvalue weighted by molar-refractivity contribution is 0.0740. The van der Waals surface area contributed by atoms with Gasteiger partial charge >= 0.3 is 0 Å². The van der Waals surface area contributed by atoms with E-state index in [-0.39, 0.29) is 18.2 Å². The summed E-state index contributed by atoms with van der Waals surface area (Å²) in [4.78, 5) is 13.8. The highest BCUT2D eigenvalue weighted by Gasteiger charge is 2.21. The Kier molecular flexibility index (Phi) is 5.27. The summed E-state index contributed by atoms with van der Waals surface area (Å²) in [5.41, 5.74) is 0.684. The molecule has 8 nitrogen and oxygen atoms in total. The average molecular weight is 422 g/mol. The predicted molar refractivity (Wildman–Crippen MR) is 95.0 cm³/mol. The Hall–Kier alpha value is -2.81. The molecule has 26 heavy (non-hydrogen) atoms. The Balaban J connectivity index is 1.76. The van der Waals surface area contributed by atoms with Gasteiger partial charge in [0.1, 0.15) is 0 Å². The molecule has 0 atom stereocenters. The van der Waals surface area contributed by atoms with Crippen LogP contribution < -0.4 is 9.47 Å². The lowest BCUT2D eigenvalue weighted by Gasteiger charge is -2.13. The van der Waals surface area contributed by atoms with Crippen LogP contribution in [0, 0.1) is 0 Å². The summed E-state index contributed by atoms with van der Waals surface area (Å²) >= 11 is 3.27. The highest BCUT2D eigenvalue weighted by atomic mass is 79.9. The second kappa shape index (κ2) is 7.61. The number of rotatable bonds is 6. The summed E-state index contributed by atoms with van der Waals surface area (Å²) < 4.78 is 21.9. The first-order valence-electron chi connectivity index (χ1n) is 7.56. The second-order valence-electron chi connectivity index (χ2n) is 5.33. The van der Waals surface area contributed by atoms with Gasteiger partial charge in [0.15, 0.2) is 11.5 Å². The maximum atomic E-state index is 12.3. The van der Waals surface area contributed by atoms with Crippen molar-refractivity contribution < 1.29 is 23.1 Å². The van der Waals surface area contributed by atoms with E-state index in [0.717, 1.165) is 0 Å². The van der Waals surface area contributed by atoms with Crippen LogP contribution in [0.4, 0.5) is 0 Å². The maximum absolute atomic E-state index is 12.3. The van der Waals surface area contributed by atoms with Crippen molar-refractivity contribution in [1.82, 2.24) is 15.1 Å². The smallest absolute Gasteiger partial charge is 0.290 e. The van der Waals surface area contributed by atoms with Crippen molar-refractivity contribution in [2.24, 2.45) is 0 Å². The van der Waals surface area contributed by atoms with Gasteiger partial charge < -0.3 is 23.2 Å². The van der Waals surface area contributed by atoms with Crippen molar-refractivity contribution in [1.29, 1.82) is 0 Å². The van der Waals surface area contributed by atoms with Crippen molar-refractivity contribution in [2.75, 3.05) is 21.3 Å². The third-order valence-corrected chi connectivity index (χ3v) is 4.25. The molecule has 0 radical (unpaired) electrons. The molecule has 0 aliphatic carbocycles. The molecule has 1 amide bonds. The van der Waals surface area contributed by atoms with Gasteiger partial charge in [0, 0.05) is 12.6 Å². The molecule has 3 rings (SSSR count). The van der Waals surface area contributed by atoms with Crippen LogP contribution in [-0.2, 0) is 6.54 Å². The molecule has 0 saturated heterocycles. The van der Waals surface area contributed by atoms with E-state index in [1.807, 2.05) is 0 Å². The fourth-order valence-electron chi connectivity index (χ4n) is 2.30. The zero-order valence-corrected chi connectivity index (χ0v) is 15.9. The van der Waals surface area contributed by atoms with Crippen molar-refractivity contribution in [3.8, 4) is 23.0 Å². The summed E-state index contributed by atoms with van der Waals surface area (Å²) in [6.45, 7) is 0.145. The Morgan fingerprint density at radius 3 is 2.62 bits per heavy atom. The molecule has 136 valence electrons. The number of carbonyl (C=O) groups excluding carboxylic acids is 1. The number of hydrogen-bond donors (Lipinski definition) is 0. The summed E-state index contributed by atoms with van der Waals surface area (Å²) in [6.07, 6.45) is 1.44. The third kappa shape index (κ3) is 3.57. The zero-order chi connectivity index (χ0) is 18.7. The number of amides is 1. The van der Waals surface area contributed by atoms with Crippen molar-refractivity contribution in [2.45, 2.75) is 6.54 Å². The highest BCUT2D eigenvalue weighted by molar-refractivity contribution is 9.10. The van der Waals surface area contributed by atoms with Gasteiger partial charge in [0.05, 0.1) is 31.5 Å². The molecule has 3 aromatic rings. The van der Waals surface area contributed by atoms with Gasteiger partial charge in [-0.2, -0.15) is 0 Å². The van der Waals surface area contributed by atoms with E-state index in [4.69, 9.17) is 18.3 Å². The number of halogens is 1. The van der Waals surface area contributed by atoms with E-state index in [0.29, 0.717) is 33.3 Å². The fraction of sp³-hybridized carbons (Fsp3) is 0.235. The molecule has 0 aliphatic rings. The average Bonchev–Trinajstić information content (AvgIpc) is 3.29. The molecule has 0 fully saturated rings. The topological polar surface area (TPSA) is 90.8 Å². The van der Waals surface area contributed by atoms with Gasteiger partial charge in [-0.1, -0.05) is 0 Å². The third-order valence-electron chi connectivity index (χ3n) is 3.63. The van der Waals surface area contributed by atoms with E-state index in [1.54, 1.807) is 45.5 Å². The minimum absolute atomic E-state index is 0.145. The second-order valence-corrected chi connectivity index (χ2v) is 6.18. The zero-order valence-electron chi connectivity index (χ0n) is 14.4. The Bertz CT molecular complexity index is 921. The van der Waals surface area contributed by atoms with Crippen LogP contribution in [0.2, 0.25) is 0 Å². The lowest BCUT2D eigenvalue weighted by Crippen LogP contribution is -2.26. The van der Waals surface area contributed by atoms with Crippen LogP contribution >= 0.6 is 15.9 Å². The van der Waals surface area contributed by atoms with E-state index >= 15 is 0 Å². The minimum atomic E-state index is -0.298. The van der Waals surface area contributed by atoms with E-state index < -0.39 is 0 Å². The van der Waals surface area contributed by atoms with Gasteiger partial charge in [-0.25, -0.2) is 0 Å². The quantitative estimate of drug-likeness (QED) is 0.602. The van der Waals surface area contributed by atoms with Crippen molar-refractivity contribution >= 4 is 21.8 Å². The number of nitrogens with zero attached hydrogens (tertiary/aromatic N) is 3. The van der Waals surface area contributed by atoms with Crippen LogP contribution in [0.3, 0.4) is 0 Å². The van der Waals surface area contributed by atoms with Gasteiger partial charge in [-0.05, 0) is 40.2 Å². The lowest BCUT2D eigenvalue weighted by atomic mass is 10.2. The number of benzene rings is 1. The molecule has 0 unspecified atom stereocenters. The van der Waals surface area contributed by atoms with Crippen LogP contribution in [0.15, 0.2) is 43.8 Å². The number of methoxy groups -OCH3 is 2. The molecule has 0 bridgehead atoms. The Labute approximate surface area is 157 Å². The molecule has 2 aromatic heterocycles. The number of furan rings is 1. The predicted octanol–water partition coefficient (Wildman–Crippen LogP) is 3.38. The SMILES string of the molecule is COc1ccc(-c2nnc(CN(C)C(=O)c3occc3Br)o2)cc1OC. The van der Waals surface area contributed by atoms with Crippen LogP contribution in [0.5, 0.6) is 11.5 Å². The monoisotopic (exact) mass is 421 g/mol. The molecule has 0 saturated carbocycles. The van der Waals surface area contributed by atoms with Crippen LogP contribution in [0.25, 0.3) is 11.5 Å². The fourth-order valence-corrected chi connectivity index (χ4v) is 2.67. The standard InChI is InChI=1S/C17H16BrN3O5/c1-21(17(22)15-11(18)6-7-25-15)9-14-19-20-16(26-14)10-4-5-12(23-2)13(8-10)24-3/h4-8H,9H2,1-3H3. The molecule has 1 aromatic carbocycles. The minimum Gasteiger partial charge on any atom is -0.493 e. The van der Waals surface area contributed by atoms with E-state index in [9.17, 15) is 4.79 Å². The van der Waals surface area contributed by atoms with Crippen molar-refractivity contribution in [3.63, 3.8) is 0 Å². The van der Waals surface area contributed by atoms with Gasteiger partial charge in [-0.3, -0.25) is 4.79 Å². The molecular formula is C17H16BrN3O5. The molecule has 0 N–H and O–H groups in total. The largest absolute Gasteiger partial charge is 0.493 e. The highest BCUT2D eigenvalue weighted by Crippen LogP contribution is 2.31. The summed E-state index contributed by atoms with van der Waals surface area (Å²) in [5.74, 6) is 1.69. The number of carbonyl (C=O) groups is 1.